The Labute approximate surface area is 179 Å². The molecule has 0 saturated heterocycles. The Bertz CT molecular complexity index is 1060. The Balaban J connectivity index is 1.81. The van der Waals surface area contributed by atoms with E-state index in [2.05, 4.69) is 10.4 Å². The highest BCUT2D eigenvalue weighted by Gasteiger charge is 2.50. The molecule has 31 heavy (non-hydrogen) atoms. The normalized spacial score (nSPS) is 21.2. The first-order valence-corrected chi connectivity index (χ1v) is 10.3. The van der Waals surface area contributed by atoms with E-state index < -0.39 is 23.2 Å². The van der Waals surface area contributed by atoms with Crippen LogP contribution in [0.1, 0.15) is 59.1 Å². The number of nitrogens with one attached hydrogen (secondary N) is 1. The van der Waals surface area contributed by atoms with Crippen molar-refractivity contribution in [2.45, 2.75) is 57.7 Å². The van der Waals surface area contributed by atoms with Crippen LogP contribution in [0.4, 0.5) is 10.1 Å². The highest BCUT2D eigenvalue weighted by atomic mass is 19.1. The number of anilines is 1. The van der Waals surface area contributed by atoms with E-state index in [9.17, 15) is 18.8 Å². The van der Waals surface area contributed by atoms with Crippen LogP contribution >= 0.6 is 0 Å². The summed E-state index contributed by atoms with van der Waals surface area (Å²) >= 11 is 0. The van der Waals surface area contributed by atoms with Crippen molar-refractivity contribution in [3.8, 4) is 0 Å². The van der Waals surface area contributed by atoms with Crippen LogP contribution in [0.5, 0.6) is 0 Å². The lowest BCUT2D eigenvalue weighted by atomic mass is 9.92. The lowest BCUT2D eigenvalue weighted by Crippen LogP contribution is -2.65. The van der Waals surface area contributed by atoms with Gasteiger partial charge in [-0.2, -0.15) is 5.10 Å². The number of esters is 1. The number of benzene rings is 1. The van der Waals surface area contributed by atoms with E-state index in [1.54, 1.807) is 13.8 Å². The van der Waals surface area contributed by atoms with Gasteiger partial charge in [-0.25, -0.2) is 9.18 Å². The standard InChI is InChI=1S/C22H25FN4O4/c1-13-10-14(23)8-9-17(13)27-19(28)18-11-16(20(29)31-3)25-26(18)12-22(27,2)21(30)24-15-6-4-5-7-15/h8-11,15H,4-7,12H2,1-3H3,(H,24,30). The average molecular weight is 428 g/mol. The topological polar surface area (TPSA) is 93.5 Å². The molecule has 1 aliphatic carbocycles. The van der Waals surface area contributed by atoms with E-state index in [1.807, 2.05) is 0 Å². The molecule has 0 bridgehead atoms. The molecule has 2 aromatic rings. The van der Waals surface area contributed by atoms with Crippen LogP contribution in [0.25, 0.3) is 0 Å². The quantitative estimate of drug-likeness (QED) is 0.756. The smallest absolute Gasteiger partial charge is 0.358 e. The van der Waals surface area contributed by atoms with Gasteiger partial charge in [-0.1, -0.05) is 12.8 Å². The monoisotopic (exact) mass is 428 g/mol. The molecule has 1 unspecified atom stereocenters. The summed E-state index contributed by atoms with van der Waals surface area (Å²) in [6.45, 7) is 3.40. The summed E-state index contributed by atoms with van der Waals surface area (Å²) in [6, 6.07) is 5.49. The van der Waals surface area contributed by atoms with Crippen molar-refractivity contribution < 1.29 is 23.5 Å². The van der Waals surface area contributed by atoms with Gasteiger partial charge in [0.25, 0.3) is 5.91 Å². The number of carbonyl (C=O) groups is 3. The number of fused-ring (bicyclic) bond motifs is 1. The summed E-state index contributed by atoms with van der Waals surface area (Å²) < 4.78 is 19.8. The van der Waals surface area contributed by atoms with E-state index in [4.69, 9.17) is 4.74 Å². The summed E-state index contributed by atoms with van der Waals surface area (Å²) in [5.74, 6) is -1.90. The first kappa shape index (κ1) is 21.0. The van der Waals surface area contributed by atoms with Gasteiger partial charge < -0.3 is 10.1 Å². The van der Waals surface area contributed by atoms with Gasteiger partial charge in [0.1, 0.15) is 17.1 Å². The number of aryl methyl sites for hydroxylation is 1. The van der Waals surface area contributed by atoms with Crippen molar-refractivity contribution in [1.29, 1.82) is 0 Å². The Hall–Kier alpha value is -3.23. The van der Waals surface area contributed by atoms with Crippen molar-refractivity contribution in [2.75, 3.05) is 12.0 Å². The maximum atomic E-state index is 13.8. The Morgan fingerprint density at radius 1 is 1.26 bits per heavy atom. The van der Waals surface area contributed by atoms with Crippen LogP contribution in [-0.4, -0.2) is 46.3 Å². The molecule has 0 radical (unpaired) electrons. The molecule has 1 fully saturated rings. The van der Waals surface area contributed by atoms with Gasteiger partial charge in [0.05, 0.1) is 13.7 Å². The van der Waals surface area contributed by atoms with Crippen molar-refractivity contribution >= 4 is 23.5 Å². The molecule has 0 spiro atoms. The minimum atomic E-state index is -1.32. The van der Waals surface area contributed by atoms with Crippen molar-refractivity contribution in [3.05, 3.63) is 47.0 Å². The average Bonchev–Trinajstić information content (AvgIpc) is 3.38. The molecule has 1 aromatic heterocycles. The third-order valence-corrected chi connectivity index (χ3v) is 6.13. The number of hydrogen-bond donors (Lipinski definition) is 1. The molecule has 2 amide bonds. The van der Waals surface area contributed by atoms with Crippen LogP contribution in [0.3, 0.4) is 0 Å². The fourth-order valence-electron chi connectivity index (χ4n) is 4.44. The third kappa shape index (κ3) is 3.58. The largest absolute Gasteiger partial charge is 0.464 e. The van der Waals surface area contributed by atoms with Crippen molar-refractivity contribution in [2.24, 2.45) is 0 Å². The fourth-order valence-corrected chi connectivity index (χ4v) is 4.44. The number of carbonyl (C=O) groups excluding carboxylic acids is 3. The highest BCUT2D eigenvalue weighted by molar-refractivity contribution is 6.12. The van der Waals surface area contributed by atoms with Crippen LogP contribution in [0.2, 0.25) is 0 Å². The van der Waals surface area contributed by atoms with Gasteiger partial charge in [0, 0.05) is 17.8 Å². The minimum absolute atomic E-state index is 0.0120. The Morgan fingerprint density at radius 3 is 2.61 bits per heavy atom. The molecule has 9 heteroatoms. The van der Waals surface area contributed by atoms with Crippen molar-refractivity contribution in [1.82, 2.24) is 15.1 Å². The predicted molar refractivity (Wildman–Crippen MR) is 110 cm³/mol. The summed E-state index contributed by atoms with van der Waals surface area (Å²) in [4.78, 5) is 40.4. The van der Waals surface area contributed by atoms with E-state index in [-0.39, 0.29) is 29.9 Å². The first-order valence-electron chi connectivity index (χ1n) is 10.3. The number of amides is 2. The first-order chi connectivity index (χ1) is 14.7. The van der Waals surface area contributed by atoms with Gasteiger partial charge in [0.2, 0.25) is 5.91 Å². The molecule has 1 aliphatic heterocycles. The van der Waals surface area contributed by atoms with E-state index >= 15 is 0 Å². The van der Waals surface area contributed by atoms with Crippen molar-refractivity contribution in [3.63, 3.8) is 0 Å². The number of ether oxygens (including phenoxy) is 1. The second-order valence-corrected chi connectivity index (χ2v) is 8.36. The molecule has 2 aliphatic rings. The lowest BCUT2D eigenvalue weighted by molar-refractivity contribution is -0.127. The number of nitrogens with zero attached hydrogens (tertiary/aromatic N) is 3. The zero-order valence-electron chi connectivity index (χ0n) is 17.8. The second kappa shape index (κ2) is 7.79. The number of halogens is 1. The molecule has 164 valence electrons. The van der Waals surface area contributed by atoms with Gasteiger partial charge in [-0.05, 0) is 50.5 Å². The van der Waals surface area contributed by atoms with E-state index in [0.717, 1.165) is 25.7 Å². The lowest BCUT2D eigenvalue weighted by Gasteiger charge is -2.44. The summed E-state index contributed by atoms with van der Waals surface area (Å²) in [5, 5.41) is 7.27. The van der Waals surface area contributed by atoms with Crippen LogP contribution in [-0.2, 0) is 16.1 Å². The summed E-state index contributed by atoms with van der Waals surface area (Å²) in [7, 11) is 1.23. The zero-order valence-corrected chi connectivity index (χ0v) is 17.8. The Morgan fingerprint density at radius 2 is 1.97 bits per heavy atom. The van der Waals surface area contributed by atoms with Crippen LogP contribution in [0, 0.1) is 12.7 Å². The second-order valence-electron chi connectivity index (χ2n) is 8.36. The number of aromatic nitrogens is 2. The minimum Gasteiger partial charge on any atom is -0.464 e. The molecule has 1 N–H and O–H groups in total. The SMILES string of the molecule is COC(=O)c1cc2n(n1)CC(C)(C(=O)NC1CCCC1)N(c1ccc(F)cc1C)C2=O. The van der Waals surface area contributed by atoms with Gasteiger partial charge >= 0.3 is 5.97 Å². The fraction of sp³-hybridized carbons (Fsp3) is 0.455. The molecule has 1 saturated carbocycles. The molecule has 2 heterocycles. The third-order valence-electron chi connectivity index (χ3n) is 6.13. The molecular weight excluding hydrogens is 403 g/mol. The van der Waals surface area contributed by atoms with Crippen LogP contribution in [0.15, 0.2) is 24.3 Å². The van der Waals surface area contributed by atoms with E-state index in [1.165, 1.54) is 41.0 Å². The van der Waals surface area contributed by atoms with Crippen LogP contribution < -0.4 is 10.2 Å². The highest BCUT2D eigenvalue weighted by Crippen LogP contribution is 2.35. The molecule has 4 rings (SSSR count). The number of hydrogen-bond acceptors (Lipinski definition) is 5. The summed E-state index contributed by atoms with van der Waals surface area (Å²) in [6.07, 6.45) is 3.88. The Kier molecular flexibility index (Phi) is 5.28. The van der Waals surface area contributed by atoms with Gasteiger partial charge in [-0.15, -0.1) is 0 Å². The van der Waals surface area contributed by atoms with Gasteiger partial charge in [-0.3, -0.25) is 19.2 Å². The zero-order chi connectivity index (χ0) is 22.3. The molecule has 8 nitrogen and oxygen atoms in total. The maximum Gasteiger partial charge on any atom is 0.358 e. The maximum absolute atomic E-state index is 13.8. The molecule has 1 atom stereocenters. The predicted octanol–water partition coefficient (Wildman–Crippen LogP) is 2.60. The molecular formula is C22H25FN4O4. The summed E-state index contributed by atoms with van der Waals surface area (Å²) in [5.41, 5.74) is -0.219. The van der Waals surface area contributed by atoms with E-state index in [0.29, 0.717) is 11.3 Å². The number of methoxy groups -OCH3 is 1. The van der Waals surface area contributed by atoms with Gasteiger partial charge in [0.15, 0.2) is 5.69 Å². The number of rotatable bonds is 4. The molecule has 1 aromatic carbocycles.